The Bertz CT molecular complexity index is 1920. The molecule has 0 saturated carbocycles. The molecule has 0 radical (unpaired) electrons. The third-order valence-electron chi connectivity index (χ3n) is 19.0. The van der Waals surface area contributed by atoms with Crippen molar-refractivity contribution in [3.8, 4) is 0 Å². The summed E-state index contributed by atoms with van der Waals surface area (Å²) >= 11 is 0. The summed E-state index contributed by atoms with van der Waals surface area (Å²) in [6.45, 7) is 9.64. The molecule has 0 heterocycles. The van der Waals surface area contributed by atoms with Gasteiger partial charge in [-0.05, 0) is 37.5 Å². The number of unbranched alkanes of at least 4 members (excludes halogenated alkanes) is 50. The average Bonchev–Trinajstić information content (AvgIpc) is 0.960. The molecular formula is C81H158O17P2. The predicted molar refractivity (Wildman–Crippen MR) is 409 cm³/mol. The average molecular weight is 1470 g/mol. The summed E-state index contributed by atoms with van der Waals surface area (Å²) in [6, 6.07) is 0. The van der Waals surface area contributed by atoms with Crippen LogP contribution in [0, 0.1) is 11.8 Å². The van der Waals surface area contributed by atoms with Gasteiger partial charge in [0.05, 0.1) is 26.4 Å². The van der Waals surface area contributed by atoms with Gasteiger partial charge in [-0.2, -0.15) is 0 Å². The van der Waals surface area contributed by atoms with Gasteiger partial charge < -0.3 is 33.8 Å². The van der Waals surface area contributed by atoms with Crippen molar-refractivity contribution in [2.45, 2.75) is 445 Å². The summed E-state index contributed by atoms with van der Waals surface area (Å²) in [5.41, 5.74) is 0. The molecule has 3 N–H and O–H groups in total. The van der Waals surface area contributed by atoms with Gasteiger partial charge in [0.25, 0.3) is 0 Å². The Labute approximate surface area is 613 Å². The Morgan fingerprint density at radius 3 is 0.680 bits per heavy atom. The summed E-state index contributed by atoms with van der Waals surface area (Å²) in [7, 11) is -9.92. The Kier molecular flexibility index (Phi) is 71.2. The second-order valence-corrected chi connectivity index (χ2v) is 33.0. The molecule has 0 aromatic carbocycles. The summed E-state index contributed by atoms with van der Waals surface area (Å²) < 4.78 is 68.7. The quantitative estimate of drug-likeness (QED) is 0.0222. The van der Waals surface area contributed by atoms with E-state index in [1.165, 1.54) is 244 Å². The van der Waals surface area contributed by atoms with Crippen LogP contribution < -0.4 is 0 Å². The zero-order valence-electron chi connectivity index (χ0n) is 65.5. The van der Waals surface area contributed by atoms with Crippen LogP contribution in [-0.2, 0) is 65.4 Å². The van der Waals surface area contributed by atoms with Gasteiger partial charge in [0, 0.05) is 25.7 Å². The fourth-order valence-corrected chi connectivity index (χ4v) is 14.1. The zero-order chi connectivity index (χ0) is 73.5. The standard InChI is InChI=1S/C81H158O17P2/c1-7-9-11-13-15-17-18-19-20-21-22-23-24-25-26-27-35-41-47-53-59-65-80(85)98-77(70-92-79(84)64-58-52-46-40-34-30-28-32-38-43-49-55-61-73(3)4)72-96-100(89,90)94-68-75(82)67-93-99(87,88)95-71-76(69-91-78(83)63-57-51-45-37-16-14-12-10-8-2)97-81(86)66-60-54-48-42-36-31-29-33-39-44-50-56-62-74(5)6/h73-77,82H,7-72H2,1-6H3,(H,87,88)(H,89,90)/t75-,76+,77+/m0/s1. The van der Waals surface area contributed by atoms with Crippen LogP contribution in [0.1, 0.15) is 427 Å². The molecule has 5 atom stereocenters. The Morgan fingerprint density at radius 1 is 0.270 bits per heavy atom. The first-order valence-corrected chi connectivity index (χ1v) is 45.0. The van der Waals surface area contributed by atoms with Crippen molar-refractivity contribution in [2.24, 2.45) is 11.8 Å². The smallest absolute Gasteiger partial charge is 0.462 e. The van der Waals surface area contributed by atoms with Crippen LogP contribution in [0.25, 0.3) is 0 Å². The summed E-state index contributed by atoms with van der Waals surface area (Å²) in [5, 5.41) is 10.6. The maximum absolute atomic E-state index is 13.1. The third kappa shape index (κ3) is 74.3. The molecule has 19 heteroatoms. The summed E-state index contributed by atoms with van der Waals surface area (Å²) in [6.07, 6.45) is 62.5. The molecule has 0 aliphatic carbocycles. The molecule has 100 heavy (non-hydrogen) atoms. The molecule has 0 fully saturated rings. The molecule has 0 saturated heterocycles. The van der Waals surface area contributed by atoms with Crippen LogP contribution in [0.4, 0.5) is 0 Å². The third-order valence-corrected chi connectivity index (χ3v) is 20.9. The minimum absolute atomic E-state index is 0.107. The number of carbonyl (C=O) groups is 4. The number of aliphatic hydroxyl groups excluding tert-OH is 1. The van der Waals surface area contributed by atoms with E-state index >= 15 is 0 Å². The topological polar surface area (TPSA) is 237 Å². The Balaban J connectivity index is 5.21. The fraction of sp³-hybridized carbons (Fsp3) is 0.951. The lowest BCUT2D eigenvalue weighted by Crippen LogP contribution is -2.30. The fourth-order valence-electron chi connectivity index (χ4n) is 12.5. The summed E-state index contributed by atoms with van der Waals surface area (Å²) in [5.74, 6) is -0.552. The first-order chi connectivity index (χ1) is 48.4. The van der Waals surface area contributed by atoms with Crippen LogP contribution in [0.2, 0.25) is 0 Å². The van der Waals surface area contributed by atoms with Gasteiger partial charge in [0.2, 0.25) is 0 Å². The normalized spacial score (nSPS) is 13.9. The van der Waals surface area contributed by atoms with E-state index in [4.69, 9.17) is 37.0 Å². The lowest BCUT2D eigenvalue weighted by Gasteiger charge is -2.21. The molecule has 0 amide bonds. The van der Waals surface area contributed by atoms with E-state index < -0.39 is 97.5 Å². The number of aliphatic hydroxyl groups is 1. The number of hydrogen-bond donors (Lipinski definition) is 3. The number of esters is 4. The number of rotatable bonds is 80. The van der Waals surface area contributed by atoms with Gasteiger partial charge in [-0.25, -0.2) is 9.13 Å². The van der Waals surface area contributed by atoms with Crippen molar-refractivity contribution in [1.29, 1.82) is 0 Å². The highest BCUT2D eigenvalue weighted by Gasteiger charge is 2.30. The van der Waals surface area contributed by atoms with Crippen molar-refractivity contribution in [2.75, 3.05) is 39.6 Å². The van der Waals surface area contributed by atoms with Crippen molar-refractivity contribution < 1.29 is 80.2 Å². The summed E-state index contributed by atoms with van der Waals surface area (Å²) in [4.78, 5) is 73.0. The molecule has 0 aromatic rings. The zero-order valence-corrected chi connectivity index (χ0v) is 67.3. The second-order valence-electron chi connectivity index (χ2n) is 30.1. The largest absolute Gasteiger partial charge is 0.472 e. The molecule has 594 valence electrons. The minimum atomic E-state index is -4.96. The van der Waals surface area contributed by atoms with Crippen molar-refractivity contribution in [3.05, 3.63) is 0 Å². The van der Waals surface area contributed by atoms with Crippen LogP contribution in [-0.4, -0.2) is 96.7 Å². The Hall–Kier alpha value is -1.94. The predicted octanol–water partition coefficient (Wildman–Crippen LogP) is 24.3. The monoisotopic (exact) mass is 1470 g/mol. The van der Waals surface area contributed by atoms with Gasteiger partial charge in [-0.1, -0.05) is 375 Å². The first-order valence-electron chi connectivity index (χ1n) is 42.0. The van der Waals surface area contributed by atoms with Crippen LogP contribution >= 0.6 is 15.6 Å². The van der Waals surface area contributed by atoms with E-state index in [1.807, 2.05) is 0 Å². The minimum Gasteiger partial charge on any atom is -0.462 e. The van der Waals surface area contributed by atoms with E-state index in [0.717, 1.165) is 102 Å². The molecule has 0 aliphatic rings. The Morgan fingerprint density at radius 2 is 0.460 bits per heavy atom. The van der Waals surface area contributed by atoms with E-state index in [2.05, 4.69) is 41.5 Å². The molecule has 17 nitrogen and oxygen atoms in total. The van der Waals surface area contributed by atoms with Crippen molar-refractivity contribution >= 4 is 39.5 Å². The number of hydrogen-bond acceptors (Lipinski definition) is 15. The SMILES string of the molecule is CCCCCCCCCCCCCCCCCCCCCCCC(=O)O[C@H](COC(=O)CCCCCCCCCCCCCCC(C)C)COP(=O)(O)OC[C@@H](O)COP(=O)(O)OC[C@@H](COC(=O)CCCCCCCCCCC)OC(=O)CCCCCCCCCCCCCCC(C)C. The highest BCUT2D eigenvalue weighted by atomic mass is 31.2. The van der Waals surface area contributed by atoms with E-state index in [9.17, 15) is 43.2 Å². The lowest BCUT2D eigenvalue weighted by molar-refractivity contribution is -0.161. The van der Waals surface area contributed by atoms with Crippen molar-refractivity contribution in [1.82, 2.24) is 0 Å². The lowest BCUT2D eigenvalue weighted by atomic mass is 10.0. The van der Waals surface area contributed by atoms with Crippen LogP contribution in [0.5, 0.6) is 0 Å². The van der Waals surface area contributed by atoms with Gasteiger partial charge in [0.15, 0.2) is 12.2 Å². The number of phosphoric acid groups is 2. The maximum atomic E-state index is 13.1. The van der Waals surface area contributed by atoms with E-state index in [0.29, 0.717) is 25.7 Å². The van der Waals surface area contributed by atoms with Gasteiger partial charge in [-0.15, -0.1) is 0 Å². The first kappa shape index (κ1) is 98.1. The molecule has 2 unspecified atom stereocenters. The highest BCUT2D eigenvalue weighted by molar-refractivity contribution is 7.47. The molecule has 0 bridgehead atoms. The molecule has 0 aliphatic heterocycles. The molecule has 0 aromatic heterocycles. The van der Waals surface area contributed by atoms with Gasteiger partial charge in [0.1, 0.15) is 19.3 Å². The van der Waals surface area contributed by atoms with Gasteiger partial charge >= 0.3 is 39.5 Å². The van der Waals surface area contributed by atoms with Crippen molar-refractivity contribution in [3.63, 3.8) is 0 Å². The number of ether oxygens (including phenoxy) is 4. The number of phosphoric ester groups is 2. The second kappa shape index (κ2) is 72.6. The van der Waals surface area contributed by atoms with E-state index in [-0.39, 0.29) is 25.7 Å². The van der Waals surface area contributed by atoms with Crippen LogP contribution in [0.3, 0.4) is 0 Å². The highest BCUT2D eigenvalue weighted by Crippen LogP contribution is 2.45. The van der Waals surface area contributed by atoms with E-state index in [1.54, 1.807) is 0 Å². The molecule has 0 spiro atoms. The molecule has 0 rings (SSSR count). The van der Waals surface area contributed by atoms with Gasteiger partial charge in [-0.3, -0.25) is 37.3 Å². The van der Waals surface area contributed by atoms with Crippen LogP contribution in [0.15, 0.2) is 0 Å². The molecular weight excluding hydrogens is 1310 g/mol. The number of carbonyl (C=O) groups excluding carboxylic acids is 4. The maximum Gasteiger partial charge on any atom is 0.472 e.